The summed E-state index contributed by atoms with van der Waals surface area (Å²) in [7, 11) is 0. The Morgan fingerprint density at radius 3 is 0.794 bits per heavy atom. The number of amidine groups is 4. The zero-order valence-electron chi connectivity index (χ0n) is 72.6. The third-order valence-electron chi connectivity index (χ3n) is 23.7. The highest BCUT2D eigenvalue weighted by Gasteiger charge is 2.25. The first kappa shape index (κ1) is 87.1. The zero-order chi connectivity index (χ0) is 90.5. The van der Waals surface area contributed by atoms with Gasteiger partial charge in [0.1, 0.15) is 68.0 Å². The zero-order valence-corrected chi connectivity index (χ0v) is 74.2. The highest BCUT2D eigenvalue weighted by atomic mass is 35.5. The van der Waals surface area contributed by atoms with Crippen molar-refractivity contribution in [2.45, 2.75) is 12.1 Å². The summed E-state index contributed by atoms with van der Waals surface area (Å²) >= 11 is 0. The van der Waals surface area contributed by atoms with Crippen LogP contribution in [0, 0.1) is 33.5 Å². The summed E-state index contributed by atoms with van der Waals surface area (Å²) in [5.74, 6) is 2.98. The van der Waals surface area contributed by atoms with E-state index in [0.29, 0.717) is 33.9 Å². The van der Waals surface area contributed by atoms with E-state index in [2.05, 4.69) is 229 Å². The summed E-state index contributed by atoms with van der Waals surface area (Å²) in [6.07, 6.45) is 4.40. The van der Waals surface area contributed by atoms with Gasteiger partial charge in [0, 0.05) is 110 Å². The van der Waals surface area contributed by atoms with Crippen molar-refractivity contribution in [2.75, 3.05) is 0 Å². The fourth-order valence-corrected chi connectivity index (χ4v) is 16.9. The van der Waals surface area contributed by atoms with Gasteiger partial charge >= 0.3 is 0 Å². The number of nitriles is 2. The van der Waals surface area contributed by atoms with Crippen LogP contribution in [0.1, 0.15) is 67.7 Å². The number of furan rings is 4. The van der Waals surface area contributed by atoms with Crippen molar-refractivity contribution in [1.29, 1.82) is 21.3 Å². The molecule has 22 aromatic rings. The van der Waals surface area contributed by atoms with E-state index in [9.17, 15) is 0 Å². The number of nitrogens with one attached hydrogen (secondary N) is 4. The van der Waals surface area contributed by atoms with E-state index in [0.717, 1.165) is 200 Å². The van der Waals surface area contributed by atoms with Crippen LogP contribution >= 0.6 is 24.8 Å². The van der Waals surface area contributed by atoms with E-state index in [1.807, 2.05) is 146 Å². The Labute approximate surface area is 793 Å². The van der Waals surface area contributed by atoms with E-state index >= 15 is 0 Å². The molecule has 0 saturated carbocycles. The second kappa shape index (κ2) is 38.5. The molecular formula is C116H80Cl2N14O4. The molecule has 0 saturated heterocycles. The third-order valence-corrected chi connectivity index (χ3v) is 23.7. The van der Waals surface area contributed by atoms with Crippen LogP contribution in [0.25, 0.3) is 167 Å². The molecule has 2 aliphatic rings. The molecule has 18 nitrogen and oxygen atoms in total. The van der Waals surface area contributed by atoms with E-state index < -0.39 is 0 Å². The molecule has 16 aromatic carbocycles. The number of nitrogens with two attached hydrogens (primary N) is 2. The van der Waals surface area contributed by atoms with Crippen LogP contribution in [0.15, 0.2) is 440 Å². The fraction of sp³-hybridized carbons (Fsp3) is 0.0172. The molecule has 0 fully saturated rings. The lowest BCUT2D eigenvalue weighted by Crippen LogP contribution is -2.27. The molecule has 2 unspecified atom stereocenters. The van der Waals surface area contributed by atoms with E-state index in [4.69, 9.17) is 80.4 Å². The van der Waals surface area contributed by atoms with Gasteiger partial charge in [-0.15, -0.1) is 24.8 Å². The lowest BCUT2D eigenvalue weighted by atomic mass is 9.99. The number of nitrogens with zero attached hydrogens (tertiary/aromatic N) is 8. The minimum Gasteiger partial charge on any atom is -0.456 e. The number of fused-ring (bicyclic) bond motifs is 12. The first-order valence-electron chi connectivity index (χ1n) is 43.6. The van der Waals surface area contributed by atoms with Gasteiger partial charge in [-0.25, -0.2) is 19.9 Å². The molecule has 20 heteroatoms. The minimum absolute atomic E-state index is 0. The molecule has 2 atom stereocenters. The SMILES string of the molecule is C1=C(c2ccccc2)NC(c2ccc3oc4ccc(C5=NC(c6ccccc6)C=C(c6ccccc6)N5)cc4c3c2)=NC1c1ccccc1.Cl.Cl.N#Cc1ccc2oc3ccc(C#N)cc3c2c1.N=C(N)c1ccc2oc3ccc(C(=N)N)cc3c2c1.c1ccc(-c2cc(-c3ccccc3)nc(-c3ccc4oc5ccc(-c6nc(-c7ccccc7)cc(-c7ccccc7)n6)cc5c4c3)n2)cc1. The summed E-state index contributed by atoms with van der Waals surface area (Å²) < 4.78 is 24.0. The average molecular weight is 1800 g/mol. The summed E-state index contributed by atoms with van der Waals surface area (Å²) in [4.78, 5) is 30.6. The summed E-state index contributed by atoms with van der Waals surface area (Å²) in [6, 6.07) is 137. The fourth-order valence-electron chi connectivity index (χ4n) is 16.9. The Bertz CT molecular complexity index is 7930. The topological polar surface area (TPSA) is 300 Å². The van der Waals surface area contributed by atoms with E-state index in [1.165, 1.54) is 0 Å². The van der Waals surface area contributed by atoms with Crippen molar-refractivity contribution in [3.05, 3.63) is 468 Å². The Morgan fingerprint density at radius 2 is 0.507 bits per heavy atom. The normalized spacial score (nSPS) is 13.1. The maximum absolute atomic E-state index is 8.87. The Balaban J connectivity index is 0.000000127. The molecule has 8 N–H and O–H groups in total. The Morgan fingerprint density at radius 1 is 0.265 bits per heavy atom. The number of aromatic nitrogens is 4. The molecule has 652 valence electrons. The van der Waals surface area contributed by atoms with Crippen molar-refractivity contribution in [3.8, 4) is 79.9 Å². The van der Waals surface area contributed by atoms with Crippen molar-refractivity contribution in [2.24, 2.45) is 21.5 Å². The van der Waals surface area contributed by atoms with Crippen LogP contribution < -0.4 is 22.1 Å². The van der Waals surface area contributed by atoms with Gasteiger partial charge in [0.2, 0.25) is 0 Å². The lowest BCUT2D eigenvalue weighted by molar-refractivity contribution is 0.668. The van der Waals surface area contributed by atoms with Gasteiger partial charge in [-0.05, 0) is 192 Å². The number of hydrogen-bond donors (Lipinski definition) is 6. The molecule has 136 heavy (non-hydrogen) atoms. The third kappa shape index (κ3) is 18.2. The molecule has 0 radical (unpaired) electrons. The summed E-state index contributed by atoms with van der Waals surface area (Å²) in [5.41, 5.74) is 37.6. The van der Waals surface area contributed by atoms with Crippen LogP contribution in [0.3, 0.4) is 0 Å². The highest BCUT2D eigenvalue weighted by molar-refractivity contribution is 6.16. The van der Waals surface area contributed by atoms with Crippen molar-refractivity contribution in [1.82, 2.24) is 30.6 Å². The quantitative estimate of drug-likeness (QED) is 0.0436. The van der Waals surface area contributed by atoms with Gasteiger partial charge in [-0.1, -0.05) is 243 Å². The van der Waals surface area contributed by atoms with Crippen LogP contribution in [0.4, 0.5) is 0 Å². The first-order valence-corrected chi connectivity index (χ1v) is 43.6. The van der Waals surface area contributed by atoms with Crippen molar-refractivity contribution >= 4 is 147 Å². The number of benzene rings is 16. The van der Waals surface area contributed by atoms with Crippen LogP contribution in [0.5, 0.6) is 0 Å². The molecule has 2 aliphatic heterocycles. The Kier molecular flexibility index (Phi) is 24.6. The molecule has 0 aliphatic carbocycles. The smallest absolute Gasteiger partial charge is 0.160 e. The minimum atomic E-state index is -0.115. The molecule has 24 rings (SSSR count). The van der Waals surface area contributed by atoms with Gasteiger partial charge in [0.25, 0.3) is 0 Å². The van der Waals surface area contributed by atoms with Crippen molar-refractivity contribution in [3.63, 3.8) is 0 Å². The van der Waals surface area contributed by atoms with E-state index in [1.54, 1.807) is 60.7 Å². The number of nitrogen functional groups attached to an aromatic ring is 2. The predicted octanol–water partition coefficient (Wildman–Crippen LogP) is 27.3. The highest BCUT2D eigenvalue weighted by Crippen LogP contribution is 2.41. The van der Waals surface area contributed by atoms with Gasteiger partial charge in [-0.3, -0.25) is 20.8 Å². The second-order valence-corrected chi connectivity index (χ2v) is 32.3. The average Bonchev–Trinajstić information content (AvgIpc) is 1.63. The number of halogens is 2. The number of rotatable bonds is 14. The number of hydrogen-bond acceptors (Lipinski definition) is 16. The maximum Gasteiger partial charge on any atom is 0.160 e. The maximum atomic E-state index is 8.87. The monoisotopic (exact) mass is 1800 g/mol. The first-order chi connectivity index (χ1) is 65.9. The Hall–Kier alpha value is -18.2. The van der Waals surface area contributed by atoms with Crippen LogP contribution in [-0.2, 0) is 0 Å². The molecule has 0 bridgehead atoms. The second-order valence-electron chi connectivity index (χ2n) is 32.3. The van der Waals surface area contributed by atoms with Crippen molar-refractivity contribution < 1.29 is 17.7 Å². The molecular weight excluding hydrogens is 1720 g/mol. The van der Waals surface area contributed by atoms with Gasteiger partial charge < -0.3 is 39.8 Å². The van der Waals surface area contributed by atoms with Crippen LogP contribution in [0.2, 0.25) is 0 Å². The largest absolute Gasteiger partial charge is 0.456 e. The molecule has 0 amide bonds. The predicted molar refractivity (Wildman–Crippen MR) is 551 cm³/mol. The molecule has 8 heterocycles. The standard InChI is InChI=1S/C44H32N4O.C44H28N4O.C14H12N4O.C14H6N2O.2ClH/c2*1-5-13-29(14-6-1)37-27-38(30-15-7-2-8-16-30)46-43(45-37)33-21-23-41-35(25-33)36-26-34(22-24-42(36)49-41)44-47-39(31-17-9-3-10-18-31)28-40(48-44)32-19-11-4-12-20-32;15-13(16)7-1-3-11-9(5-7)10-6-8(14(17)18)2-4-12(10)19-11;15-7-9-1-3-13-11(5-9)12-6-10(8-16)2-4-14(12)17-13;;/h1-28,37,39H,(H,45,46)(H,47,48);1-28H;1-6H,(H3,15,16)(H3,17,18);1-6H;2*1H. The lowest BCUT2D eigenvalue weighted by Gasteiger charge is -2.23. The van der Waals surface area contributed by atoms with Gasteiger partial charge in [-0.2, -0.15) is 10.5 Å². The van der Waals surface area contributed by atoms with Crippen LogP contribution in [-0.4, -0.2) is 43.3 Å². The summed E-state index contributed by atoms with van der Waals surface area (Å²) in [6.45, 7) is 0. The number of aliphatic imine (C=N–C) groups is 2. The van der Waals surface area contributed by atoms with E-state index in [-0.39, 0.29) is 48.6 Å². The summed E-state index contributed by atoms with van der Waals surface area (Å²) in [5, 5.41) is 47.5. The molecule has 6 aromatic heterocycles. The van der Waals surface area contributed by atoms with Gasteiger partial charge in [0.15, 0.2) is 11.6 Å². The van der Waals surface area contributed by atoms with Gasteiger partial charge in [0.05, 0.1) is 58.1 Å². The molecule has 0 spiro atoms.